The molecule has 1 heterocycles. The van der Waals surface area contributed by atoms with Crippen molar-refractivity contribution in [2.45, 2.75) is 27.7 Å². The highest BCUT2D eigenvalue weighted by Crippen LogP contribution is 2.15. The van der Waals surface area contributed by atoms with Crippen LogP contribution >= 0.6 is 0 Å². The Balaban J connectivity index is 2.20. The first-order valence-corrected chi connectivity index (χ1v) is 6.24. The van der Waals surface area contributed by atoms with Crippen LogP contribution in [-0.2, 0) is 0 Å². The fraction of sp³-hybridized carbons (Fsp3) is 0.250. The van der Waals surface area contributed by atoms with Crippen LogP contribution in [0.4, 0.5) is 0 Å². The molecule has 2 heteroatoms. The number of rotatable bonds is 2. The summed E-state index contributed by atoms with van der Waals surface area (Å²) in [6.07, 6.45) is 4.28. The van der Waals surface area contributed by atoms with Crippen molar-refractivity contribution in [2.75, 3.05) is 0 Å². The van der Waals surface area contributed by atoms with Gasteiger partial charge in [0, 0.05) is 17.1 Å². The molecule has 0 amide bonds. The summed E-state index contributed by atoms with van der Waals surface area (Å²) < 4.78 is 0. The molecule has 0 spiro atoms. The van der Waals surface area contributed by atoms with Crippen LogP contribution < -0.4 is 10.6 Å². The summed E-state index contributed by atoms with van der Waals surface area (Å²) in [4.78, 5) is 0. The third-order valence-corrected chi connectivity index (χ3v) is 3.28. The van der Waals surface area contributed by atoms with Gasteiger partial charge < -0.3 is 10.6 Å². The van der Waals surface area contributed by atoms with Crippen LogP contribution in [0.25, 0.3) is 6.08 Å². The van der Waals surface area contributed by atoms with E-state index in [2.05, 4.69) is 74.7 Å². The van der Waals surface area contributed by atoms with E-state index in [0.717, 1.165) is 11.4 Å². The molecule has 2 rings (SSSR count). The average Bonchev–Trinajstić information content (AvgIpc) is 2.34. The van der Waals surface area contributed by atoms with E-state index in [4.69, 9.17) is 0 Å². The summed E-state index contributed by atoms with van der Waals surface area (Å²) in [7, 11) is 0. The molecule has 2 N–H and O–H groups in total. The Morgan fingerprint density at radius 3 is 2.17 bits per heavy atom. The SMILES string of the molecule is CC1=C(C)NC(/C=C/c2ccccc2C)=C(C)N1. The first-order chi connectivity index (χ1) is 8.58. The molecule has 0 fully saturated rings. The first-order valence-electron chi connectivity index (χ1n) is 6.24. The monoisotopic (exact) mass is 240 g/mol. The minimum absolute atomic E-state index is 1.13. The number of allylic oxidation sites excluding steroid dienone is 4. The molecule has 94 valence electrons. The first kappa shape index (κ1) is 12.5. The zero-order chi connectivity index (χ0) is 13.1. The van der Waals surface area contributed by atoms with Crippen molar-refractivity contribution in [3.8, 4) is 0 Å². The van der Waals surface area contributed by atoms with Gasteiger partial charge in [0.2, 0.25) is 0 Å². The molecule has 1 aromatic rings. The average molecular weight is 240 g/mol. The number of nitrogens with one attached hydrogen (secondary N) is 2. The minimum atomic E-state index is 1.13. The molecule has 0 saturated carbocycles. The second kappa shape index (κ2) is 5.13. The summed E-state index contributed by atoms with van der Waals surface area (Å²) in [6, 6.07) is 8.39. The lowest BCUT2D eigenvalue weighted by atomic mass is 10.1. The lowest BCUT2D eigenvalue weighted by Crippen LogP contribution is -2.26. The van der Waals surface area contributed by atoms with Gasteiger partial charge in [-0.1, -0.05) is 30.3 Å². The number of aryl methyl sites for hydroxylation is 1. The largest absolute Gasteiger partial charge is 0.360 e. The molecule has 1 aromatic carbocycles. The Labute approximate surface area is 109 Å². The van der Waals surface area contributed by atoms with Gasteiger partial charge in [0.1, 0.15) is 0 Å². The van der Waals surface area contributed by atoms with E-state index in [9.17, 15) is 0 Å². The Kier molecular flexibility index (Phi) is 3.56. The molecule has 0 aromatic heterocycles. The van der Waals surface area contributed by atoms with Crippen LogP contribution in [-0.4, -0.2) is 0 Å². The summed E-state index contributed by atoms with van der Waals surface area (Å²) in [6.45, 7) is 8.37. The zero-order valence-electron chi connectivity index (χ0n) is 11.5. The van der Waals surface area contributed by atoms with Crippen LogP contribution in [0.3, 0.4) is 0 Å². The van der Waals surface area contributed by atoms with Gasteiger partial charge in [-0.05, 0) is 44.9 Å². The van der Waals surface area contributed by atoms with Crippen LogP contribution in [0.2, 0.25) is 0 Å². The molecule has 0 unspecified atom stereocenters. The van der Waals surface area contributed by atoms with Gasteiger partial charge in [0.25, 0.3) is 0 Å². The molecular weight excluding hydrogens is 220 g/mol. The normalized spacial score (nSPS) is 16.0. The maximum atomic E-state index is 3.42. The van der Waals surface area contributed by atoms with Crippen molar-refractivity contribution in [2.24, 2.45) is 0 Å². The van der Waals surface area contributed by atoms with E-state index in [1.807, 2.05) is 0 Å². The lowest BCUT2D eigenvalue weighted by molar-refractivity contribution is 0.804. The summed E-state index contributed by atoms with van der Waals surface area (Å²) >= 11 is 0. The minimum Gasteiger partial charge on any atom is -0.360 e. The molecule has 0 atom stereocenters. The quantitative estimate of drug-likeness (QED) is 0.824. The molecular formula is C16H20N2. The Hall–Kier alpha value is -1.96. The second-order valence-electron chi connectivity index (χ2n) is 4.73. The van der Waals surface area contributed by atoms with Crippen LogP contribution in [0, 0.1) is 6.92 Å². The Morgan fingerprint density at radius 2 is 1.44 bits per heavy atom. The zero-order valence-corrected chi connectivity index (χ0v) is 11.5. The highest BCUT2D eigenvalue weighted by Gasteiger charge is 2.08. The van der Waals surface area contributed by atoms with E-state index < -0.39 is 0 Å². The van der Waals surface area contributed by atoms with Gasteiger partial charge in [-0.25, -0.2) is 0 Å². The van der Waals surface area contributed by atoms with E-state index in [1.165, 1.54) is 22.5 Å². The number of hydrogen-bond donors (Lipinski definition) is 2. The van der Waals surface area contributed by atoms with Gasteiger partial charge in [-0.3, -0.25) is 0 Å². The fourth-order valence-corrected chi connectivity index (χ4v) is 1.95. The van der Waals surface area contributed by atoms with Crippen LogP contribution in [0.1, 0.15) is 31.9 Å². The predicted octanol–water partition coefficient (Wildman–Crippen LogP) is 3.68. The van der Waals surface area contributed by atoms with Crippen molar-refractivity contribution >= 4 is 6.08 Å². The van der Waals surface area contributed by atoms with E-state index in [1.54, 1.807) is 0 Å². The smallest absolute Gasteiger partial charge is 0.0575 e. The third-order valence-electron chi connectivity index (χ3n) is 3.28. The van der Waals surface area contributed by atoms with Gasteiger partial charge in [-0.2, -0.15) is 0 Å². The van der Waals surface area contributed by atoms with E-state index >= 15 is 0 Å². The highest BCUT2D eigenvalue weighted by atomic mass is 15.0. The Morgan fingerprint density at radius 1 is 0.778 bits per heavy atom. The predicted molar refractivity (Wildman–Crippen MR) is 77.6 cm³/mol. The Bertz CT molecular complexity index is 548. The van der Waals surface area contributed by atoms with E-state index in [-0.39, 0.29) is 0 Å². The fourth-order valence-electron chi connectivity index (χ4n) is 1.95. The molecule has 0 radical (unpaired) electrons. The highest BCUT2D eigenvalue weighted by molar-refractivity contribution is 5.57. The van der Waals surface area contributed by atoms with Crippen molar-refractivity contribution in [1.82, 2.24) is 10.6 Å². The summed E-state index contributed by atoms with van der Waals surface area (Å²) in [5.41, 5.74) is 7.18. The van der Waals surface area contributed by atoms with Crippen molar-refractivity contribution < 1.29 is 0 Å². The van der Waals surface area contributed by atoms with Crippen molar-refractivity contribution in [3.05, 3.63) is 64.3 Å². The number of hydrogen-bond acceptors (Lipinski definition) is 2. The van der Waals surface area contributed by atoms with Crippen molar-refractivity contribution in [1.29, 1.82) is 0 Å². The molecule has 0 saturated heterocycles. The molecule has 0 bridgehead atoms. The molecule has 2 nitrogen and oxygen atoms in total. The number of benzene rings is 1. The molecule has 1 aliphatic rings. The van der Waals surface area contributed by atoms with Gasteiger partial charge in [0.15, 0.2) is 0 Å². The summed E-state index contributed by atoms with van der Waals surface area (Å²) in [5.74, 6) is 0. The van der Waals surface area contributed by atoms with Gasteiger partial charge >= 0.3 is 0 Å². The molecule has 1 aliphatic heterocycles. The van der Waals surface area contributed by atoms with Gasteiger partial charge in [-0.15, -0.1) is 0 Å². The molecule has 18 heavy (non-hydrogen) atoms. The van der Waals surface area contributed by atoms with E-state index in [0.29, 0.717) is 0 Å². The van der Waals surface area contributed by atoms with Crippen LogP contribution in [0.15, 0.2) is 53.1 Å². The van der Waals surface area contributed by atoms with Gasteiger partial charge in [0.05, 0.1) is 5.70 Å². The lowest BCUT2D eigenvalue weighted by Gasteiger charge is -2.22. The summed E-state index contributed by atoms with van der Waals surface area (Å²) in [5, 5.41) is 6.79. The second-order valence-corrected chi connectivity index (χ2v) is 4.73. The maximum absolute atomic E-state index is 3.42. The topological polar surface area (TPSA) is 24.1 Å². The maximum Gasteiger partial charge on any atom is 0.0575 e. The third kappa shape index (κ3) is 2.65. The molecule has 0 aliphatic carbocycles. The van der Waals surface area contributed by atoms with Crippen molar-refractivity contribution in [3.63, 3.8) is 0 Å². The van der Waals surface area contributed by atoms with Crippen LogP contribution in [0.5, 0.6) is 0 Å². The standard InChI is InChI=1S/C16H20N2/c1-11-7-5-6-8-15(11)9-10-16-14(4)17-12(2)13(3)18-16/h5-10,17-18H,1-4H3/b10-9+.